The third-order valence-electron chi connectivity index (χ3n) is 3.67. The molecule has 1 unspecified atom stereocenters. The molecule has 22 heavy (non-hydrogen) atoms. The molecule has 0 bridgehead atoms. The summed E-state index contributed by atoms with van der Waals surface area (Å²) in [6.45, 7) is 4.00. The molecule has 0 saturated carbocycles. The zero-order valence-corrected chi connectivity index (χ0v) is 12.6. The molecule has 0 aliphatic rings. The number of aliphatic carboxylic acids is 1. The smallest absolute Gasteiger partial charge is 0.312 e. The first-order valence-corrected chi connectivity index (χ1v) is 7.06. The Morgan fingerprint density at radius 3 is 2.41 bits per heavy atom. The maximum Gasteiger partial charge on any atom is 0.312 e. The molecule has 0 amide bonds. The van der Waals surface area contributed by atoms with Crippen molar-refractivity contribution >= 4 is 17.3 Å². The summed E-state index contributed by atoms with van der Waals surface area (Å²) in [6.07, 6.45) is -0.0548. The topological polar surface area (TPSA) is 73.1 Å². The molecule has 0 saturated heterocycles. The molecular weight excluding hydrogens is 276 g/mol. The molecule has 0 radical (unpaired) electrons. The van der Waals surface area contributed by atoms with Gasteiger partial charge in [0, 0.05) is 11.4 Å². The van der Waals surface area contributed by atoms with Gasteiger partial charge < -0.3 is 10.4 Å². The Hall–Kier alpha value is -2.80. The van der Waals surface area contributed by atoms with E-state index < -0.39 is 11.9 Å². The number of nitriles is 1. The van der Waals surface area contributed by atoms with Crippen LogP contribution in [0.2, 0.25) is 0 Å². The van der Waals surface area contributed by atoms with Crippen LogP contribution >= 0.6 is 0 Å². The van der Waals surface area contributed by atoms with Gasteiger partial charge in [0.2, 0.25) is 0 Å². The van der Waals surface area contributed by atoms with Gasteiger partial charge in [0.15, 0.2) is 0 Å². The van der Waals surface area contributed by atoms with Gasteiger partial charge in [-0.3, -0.25) is 4.79 Å². The summed E-state index contributed by atoms with van der Waals surface area (Å²) in [4.78, 5) is 11.4. The van der Waals surface area contributed by atoms with Crippen molar-refractivity contribution in [3.8, 4) is 6.07 Å². The van der Waals surface area contributed by atoms with Gasteiger partial charge in [0.25, 0.3) is 0 Å². The first kappa shape index (κ1) is 15.6. The molecule has 2 N–H and O–H groups in total. The Balaban J connectivity index is 2.45. The summed E-state index contributed by atoms with van der Waals surface area (Å²) >= 11 is 0. The zero-order chi connectivity index (χ0) is 16.1. The van der Waals surface area contributed by atoms with Crippen LogP contribution in [0.15, 0.2) is 42.5 Å². The average molecular weight is 294 g/mol. The Kier molecular flexibility index (Phi) is 4.80. The normalized spacial score (nSPS) is 11.5. The van der Waals surface area contributed by atoms with Gasteiger partial charge in [-0.2, -0.15) is 5.26 Å². The molecule has 1 atom stereocenters. The van der Waals surface area contributed by atoms with Gasteiger partial charge in [-0.25, -0.2) is 0 Å². The fourth-order valence-electron chi connectivity index (χ4n) is 2.48. The lowest BCUT2D eigenvalue weighted by atomic mass is 9.94. The van der Waals surface area contributed by atoms with E-state index in [0.29, 0.717) is 5.56 Å². The number of anilines is 2. The minimum Gasteiger partial charge on any atom is -0.481 e. The van der Waals surface area contributed by atoms with Crippen LogP contribution in [0.4, 0.5) is 11.4 Å². The monoisotopic (exact) mass is 294 g/mol. The SMILES string of the molecule is Cc1cccc(C)c1Nc1ccccc1C(CC#N)C(=O)O. The number of hydrogen-bond acceptors (Lipinski definition) is 3. The average Bonchev–Trinajstić information content (AvgIpc) is 2.49. The third-order valence-corrected chi connectivity index (χ3v) is 3.67. The van der Waals surface area contributed by atoms with E-state index in [1.165, 1.54) is 0 Å². The van der Waals surface area contributed by atoms with E-state index in [4.69, 9.17) is 5.26 Å². The first-order chi connectivity index (χ1) is 10.5. The lowest BCUT2D eigenvalue weighted by Gasteiger charge is -2.18. The van der Waals surface area contributed by atoms with Crippen molar-refractivity contribution in [3.63, 3.8) is 0 Å². The molecular formula is C18H18N2O2. The Bertz CT molecular complexity index is 712. The fraction of sp³-hybridized carbons (Fsp3) is 0.222. The highest BCUT2D eigenvalue weighted by atomic mass is 16.4. The molecule has 0 heterocycles. The highest BCUT2D eigenvalue weighted by Crippen LogP contribution is 2.31. The maximum atomic E-state index is 11.4. The maximum absolute atomic E-state index is 11.4. The van der Waals surface area contributed by atoms with Crippen molar-refractivity contribution in [2.45, 2.75) is 26.2 Å². The highest BCUT2D eigenvalue weighted by Gasteiger charge is 2.22. The second-order valence-electron chi connectivity index (χ2n) is 5.23. The number of aryl methyl sites for hydroxylation is 2. The minimum absolute atomic E-state index is 0.0548. The van der Waals surface area contributed by atoms with Crippen molar-refractivity contribution in [1.82, 2.24) is 0 Å². The van der Waals surface area contributed by atoms with Crippen molar-refractivity contribution in [2.75, 3.05) is 5.32 Å². The van der Waals surface area contributed by atoms with Crippen LogP contribution in [0.25, 0.3) is 0 Å². The number of nitrogens with zero attached hydrogens (tertiary/aromatic N) is 1. The van der Waals surface area contributed by atoms with Crippen molar-refractivity contribution in [1.29, 1.82) is 5.26 Å². The molecule has 2 aromatic rings. The standard InChI is InChI=1S/C18H18N2O2/c1-12-6-5-7-13(2)17(12)20-16-9-4-3-8-14(16)15(10-11-19)18(21)22/h3-9,15,20H,10H2,1-2H3,(H,21,22). The number of carboxylic acids is 1. The molecule has 0 aromatic heterocycles. The number of para-hydroxylation sites is 2. The van der Waals surface area contributed by atoms with Gasteiger partial charge in [-0.05, 0) is 36.6 Å². The number of nitrogens with one attached hydrogen (secondary N) is 1. The van der Waals surface area contributed by atoms with Gasteiger partial charge in [0.05, 0.1) is 18.4 Å². The summed E-state index contributed by atoms with van der Waals surface area (Å²) in [5.74, 6) is -1.82. The van der Waals surface area contributed by atoms with Gasteiger partial charge >= 0.3 is 5.97 Å². The number of benzene rings is 2. The summed E-state index contributed by atoms with van der Waals surface area (Å²) < 4.78 is 0. The largest absolute Gasteiger partial charge is 0.481 e. The van der Waals surface area contributed by atoms with Gasteiger partial charge in [-0.15, -0.1) is 0 Å². The lowest BCUT2D eigenvalue weighted by molar-refractivity contribution is -0.138. The van der Waals surface area contributed by atoms with Crippen LogP contribution in [0.3, 0.4) is 0 Å². The molecule has 0 aliphatic carbocycles. The quantitative estimate of drug-likeness (QED) is 0.869. The number of carbonyl (C=O) groups is 1. The van der Waals surface area contributed by atoms with Crippen molar-refractivity contribution in [3.05, 3.63) is 59.2 Å². The van der Waals surface area contributed by atoms with Gasteiger partial charge in [0.1, 0.15) is 0 Å². The summed E-state index contributed by atoms with van der Waals surface area (Å²) in [5.41, 5.74) is 4.49. The van der Waals surface area contributed by atoms with Crippen LogP contribution in [-0.2, 0) is 4.79 Å². The van der Waals surface area contributed by atoms with Crippen molar-refractivity contribution < 1.29 is 9.90 Å². The second-order valence-corrected chi connectivity index (χ2v) is 5.23. The Labute approximate surface area is 130 Å². The van der Waals surface area contributed by atoms with Crippen LogP contribution in [-0.4, -0.2) is 11.1 Å². The number of hydrogen-bond donors (Lipinski definition) is 2. The predicted octanol–water partition coefficient (Wildman–Crippen LogP) is 4.13. The van der Waals surface area contributed by atoms with E-state index in [2.05, 4.69) is 5.32 Å². The van der Waals surface area contributed by atoms with Crippen LogP contribution in [0.1, 0.15) is 29.0 Å². The van der Waals surface area contributed by atoms with E-state index in [1.807, 2.05) is 50.2 Å². The van der Waals surface area contributed by atoms with Crippen LogP contribution < -0.4 is 5.32 Å². The van der Waals surface area contributed by atoms with E-state index in [0.717, 1.165) is 22.5 Å². The first-order valence-electron chi connectivity index (χ1n) is 7.06. The predicted molar refractivity (Wildman–Crippen MR) is 86.2 cm³/mol. The molecule has 0 aliphatic heterocycles. The minimum atomic E-state index is -0.989. The van der Waals surface area contributed by atoms with E-state index in [-0.39, 0.29) is 6.42 Å². The van der Waals surface area contributed by atoms with Crippen molar-refractivity contribution in [2.24, 2.45) is 0 Å². The lowest BCUT2D eigenvalue weighted by Crippen LogP contribution is -2.13. The summed E-state index contributed by atoms with van der Waals surface area (Å²) in [6, 6.07) is 15.2. The summed E-state index contributed by atoms with van der Waals surface area (Å²) in [7, 11) is 0. The molecule has 2 aromatic carbocycles. The second kappa shape index (κ2) is 6.77. The van der Waals surface area contributed by atoms with E-state index in [1.54, 1.807) is 12.1 Å². The van der Waals surface area contributed by atoms with Crippen LogP contribution in [0, 0.1) is 25.2 Å². The fourth-order valence-corrected chi connectivity index (χ4v) is 2.48. The highest BCUT2D eigenvalue weighted by molar-refractivity contribution is 5.81. The number of rotatable bonds is 5. The molecule has 0 fully saturated rings. The zero-order valence-electron chi connectivity index (χ0n) is 12.6. The Morgan fingerprint density at radius 2 is 1.82 bits per heavy atom. The Morgan fingerprint density at radius 1 is 1.18 bits per heavy atom. The number of carboxylic acid groups (broad SMARTS) is 1. The van der Waals surface area contributed by atoms with Crippen LogP contribution in [0.5, 0.6) is 0 Å². The summed E-state index contributed by atoms with van der Waals surface area (Å²) in [5, 5.41) is 21.6. The third kappa shape index (κ3) is 3.26. The molecule has 2 rings (SSSR count). The van der Waals surface area contributed by atoms with E-state index >= 15 is 0 Å². The van der Waals surface area contributed by atoms with Gasteiger partial charge in [-0.1, -0.05) is 36.4 Å². The molecule has 0 spiro atoms. The van der Waals surface area contributed by atoms with E-state index in [9.17, 15) is 9.90 Å². The molecule has 4 heteroatoms. The molecule has 4 nitrogen and oxygen atoms in total. The molecule has 112 valence electrons.